The molecule has 9 heteroatoms. The van der Waals surface area contributed by atoms with Crippen molar-refractivity contribution in [3.05, 3.63) is 52.6 Å². The van der Waals surface area contributed by atoms with Gasteiger partial charge in [-0.15, -0.1) is 0 Å². The van der Waals surface area contributed by atoms with Crippen molar-refractivity contribution in [2.75, 3.05) is 55.1 Å². The standard InChI is InChI=1S/C29H38N2O7/c1-17(2)16-38-21-10-9-19(13-18(21)3)26(32)24-25(31(12-11-30(4)5)29(34)27(24)33)20-14-22(35-6)28(37-8)23(15-20)36-7/h9-10,13-15,17,25,32H,11-12,16H2,1-8H3/b26-24+. The van der Waals surface area contributed by atoms with Crippen LogP contribution in [-0.2, 0) is 9.59 Å². The molecule has 0 aliphatic carbocycles. The van der Waals surface area contributed by atoms with Gasteiger partial charge in [-0.05, 0) is 53.8 Å². The quantitative estimate of drug-likeness (QED) is 0.269. The number of nitrogens with zero attached hydrogens (tertiary/aromatic N) is 1. The third kappa shape index (κ3) is 5.88. The van der Waals surface area contributed by atoms with E-state index in [0.717, 1.165) is 10.5 Å². The Kier molecular flexibility index (Phi) is 9.27. The fourth-order valence-corrected chi connectivity index (χ4v) is 4.42. The number of aryl methyl sites for hydroxylation is 1. The molecule has 1 saturated heterocycles. The number of amides is 1. The van der Waals surface area contributed by atoms with Crippen molar-refractivity contribution in [2.24, 2.45) is 5.92 Å². The van der Waals surface area contributed by atoms with Crippen molar-refractivity contribution in [1.29, 1.82) is 0 Å². The number of methoxy groups -OCH3 is 3. The molecule has 1 atom stereocenters. The zero-order valence-electron chi connectivity index (χ0n) is 23.5. The van der Waals surface area contributed by atoms with Gasteiger partial charge in [-0.2, -0.15) is 0 Å². The lowest BCUT2D eigenvalue weighted by atomic mass is 9.94. The van der Waals surface area contributed by atoms with E-state index in [9.17, 15) is 14.7 Å². The molecule has 1 heterocycles. The Labute approximate surface area is 224 Å². The molecule has 0 bridgehead atoms. The number of likely N-dealkylation sites (tertiary alicyclic amines) is 1. The molecule has 2 aromatic carbocycles. The smallest absolute Gasteiger partial charge is 0.295 e. The number of likely N-dealkylation sites (N-methyl/N-ethyl adjacent to an activating group) is 1. The minimum atomic E-state index is -0.910. The second-order valence-corrected chi connectivity index (χ2v) is 10.1. The van der Waals surface area contributed by atoms with E-state index in [0.29, 0.717) is 53.2 Å². The van der Waals surface area contributed by atoms with E-state index < -0.39 is 23.5 Å². The topological polar surface area (TPSA) is 102 Å². The average Bonchev–Trinajstić information content (AvgIpc) is 3.14. The molecule has 1 aliphatic rings. The Bertz CT molecular complexity index is 1190. The third-order valence-electron chi connectivity index (χ3n) is 6.39. The molecule has 0 radical (unpaired) electrons. The lowest BCUT2D eigenvalue weighted by Crippen LogP contribution is -3.06. The van der Waals surface area contributed by atoms with Gasteiger partial charge >= 0.3 is 0 Å². The highest BCUT2D eigenvalue weighted by Crippen LogP contribution is 2.45. The van der Waals surface area contributed by atoms with Crippen LogP contribution >= 0.6 is 0 Å². The van der Waals surface area contributed by atoms with Gasteiger partial charge in [0.2, 0.25) is 11.5 Å². The van der Waals surface area contributed by atoms with Crippen molar-refractivity contribution in [2.45, 2.75) is 26.8 Å². The van der Waals surface area contributed by atoms with Crippen LogP contribution in [0.1, 0.15) is 36.6 Å². The van der Waals surface area contributed by atoms with Crippen LogP contribution in [0.25, 0.3) is 5.76 Å². The molecule has 2 aromatic rings. The summed E-state index contributed by atoms with van der Waals surface area (Å²) in [4.78, 5) is 29.1. The van der Waals surface area contributed by atoms with E-state index in [1.807, 2.05) is 21.0 Å². The predicted molar refractivity (Wildman–Crippen MR) is 142 cm³/mol. The second kappa shape index (κ2) is 12.2. The van der Waals surface area contributed by atoms with E-state index >= 15 is 0 Å². The molecule has 38 heavy (non-hydrogen) atoms. The first-order valence-electron chi connectivity index (χ1n) is 12.6. The highest BCUT2D eigenvalue weighted by molar-refractivity contribution is 6.46. The van der Waals surface area contributed by atoms with Gasteiger partial charge < -0.3 is 33.9 Å². The summed E-state index contributed by atoms with van der Waals surface area (Å²) in [5, 5.41) is 13.9. The van der Waals surface area contributed by atoms with Crippen LogP contribution in [0, 0.1) is 12.8 Å². The summed E-state index contributed by atoms with van der Waals surface area (Å²) >= 11 is 0. The zero-order chi connectivity index (χ0) is 28.1. The average molecular weight is 527 g/mol. The zero-order valence-corrected chi connectivity index (χ0v) is 23.5. The molecular formula is C29H38N2O7. The van der Waals surface area contributed by atoms with Crippen LogP contribution in [0.15, 0.2) is 35.9 Å². The first-order valence-corrected chi connectivity index (χ1v) is 12.6. The largest absolute Gasteiger partial charge is 0.872 e. The van der Waals surface area contributed by atoms with Crippen LogP contribution in [0.4, 0.5) is 0 Å². The maximum absolute atomic E-state index is 13.9. The van der Waals surface area contributed by atoms with Crippen molar-refractivity contribution >= 4 is 17.4 Å². The molecule has 0 saturated carbocycles. The van der Waals surface area contributed by atoms with Crippen molar-refractivity contribution in [1.82, 2.24) is 4.90 Å². The SMILES string of the molecule is COc1cc(C2/C(=C(\[O-])c3ccc(OCC(C)C)c(C)c3)C(=O)C(=O)N2CC[NH+](C)C)cc(OC)c1OC. The molecule has 1 fully saturated rings. The molecule has 1 unspecified atom stereocenters. The number of nitrogens with one attached hydrogen (secondary N) is 1. The number of benzene rings is 2. The minimum Gasteiger partial charge on any atom is -0.872 e. The molecule has 0 spiro atoms. The van der Waals surface area contributed by atoms with E-state index in [2.05, 4.69) is 13.8 Å². The van der Waals surface area contributed by atoms with E-state index in [1.165, 1.54) is 26.2 Å². The van der Waals surface area contributed by atoms with Crippen LogP contribution in [0.2, 0.25) is 0 Å². The lowest BCUT2D eigenvalue weighted by Gasteiger charge is -2.28. The lowest BCUT2D eigenvalue weighted by molar-refractivity contribution is -0.857. The Morgan fingerprint density at radius 1 is 1.00 bits per heavy atom. The first-order chi connectivity index (χ1) is 18.0. The van der Waals surface area contributed by atoms with Crippen LogP contribution < -0.4 is 29.0 Å². The fourth-order valence-electron chi connectivity index (χ4n) is 4.42. The number of carbonyl (C=O) groups excluding carboxylic acids is 2. The Hall–Kier alpha value is -3.72. The monoisotopic (exact) mass is 526 g/mol. The fraction of sp³-hybridized carbons (Fsp3) is 0.448. The second-order valence-electron chi connectivity index (χ2n) is 10.1. The highest BCUT2D eigenvalue weighted by Gasteiger charge is 2.45. The number of ether oxygens (including phenoxy) is 4. The van der Waals surface area contributed by atoms with Gasteiger partial charge in [0.05, 0.1) is 61.2 Å². The van der Waals surface area contributed by atoms with Crippen molar-refractivity contribution in [3.8, 4) is 23.0 Å². The van der Waals surface area contributed by atoms with E-state index in [4.69, 9.17) is 18.9 Å². The van der Waals surface area contributed by atoms with Gasteiger partial charge in [-0.1, -0.05) is 25.7 Å². The first kappa shape index (κ1) is 28.8. The van der Waals surface area contributed by atoms with E-state index in [-0.39, 0.29) is 12.1 Å². The normalized spacial score (nSPS) is 16.9. The summed E-state index contributed by atoms with van der Waals surface area (Å²) in [7, 11) is 8.38. The van der Waals surface area contributed by atoms with Gasteiger partial charge in [-0.25, -0.2) is 0 Å². The van der Waals surface area contributed by atoms with Crippen LogP contribution in [0.3, 0.4) is 0 Å². The summed E-state index contributed by atoms with van der Waals surface area (Å²) in [6.07, 6.45) is 0. The Morgan fingerprint density at radius 2 is 1.63 bits per heavy atom. The number of ketones is 1. The third-order valence-corrected chi connectivity index (χ3v) is 6.39. The molecule has 9 nitrogen and oxygen atoms in total. The van der Waals surface area contributed by atoms with Gasteiger partial charge in [0.15, 0.2) is 11.5 Å². The summed E-state index contributed by atoms with van der Waals surface area (Å²) < 4.78 is 22.3. The van der Waals surface area contributed by atoms with Gasteiger partial charge in [0.25, 0.3) is 5.91 Å². The minimum absolute atomic E-state index is 0.103. The molecular weight excluding hydrogens is 488 g/mol. The summed E-state index contributed by atoms with van der Waals surface area (Å²) in [6, 6.07) is 7.50. The Balaban J connectivity index is 2.19. The molecule has 1 aliphatic heterocycles. The summed E-state index contributed by atoms with van der Waals surface area (Å²) in [6.45, 7) is 7.37. The highest BCUT2D eigenvalue weighted by atomic mass is 16.5. The number of carbonyl (C=O) groups is 2. The number of quaternary nitrogens is 1. The molecule has 0 aromatic heterocycles. The maximum atomic E-state index is 13.9. The molecule has 1 N–H and O–H groups in total. The molecule has 206 valence electrons. The summed E-state index contributed by atoms with van der Waals surface area (Å²) in [5.74, 6) is 0.109. The summed E-state index contributed by atoms with van der Waals surface area (Å²) in [5.41, 5.74) is 1.50. The molecule has 3 rings (SSSR count). The maximum Gasteiger partial charge on any atom is 0.295 e. The number of Topliss-reactive ketones (excluding diaryl/α,β-unsaturated/α-hetero) is 1. The van der Waals surface area contributed by atoms with Gasteiger partial charge in [0.1, 0.15) is 5.75 Å². The van der Waals surface area contributed by atoms with Crippen molar-refractivity contribution < 1.29 is 38.5 Å². The number of rotatable bonds is 11. The van der Waals surface area contributed by atoms with Gasteiger partial charge in [-0.3, -0.25) is 9.59 Å². The van der Waals surface area contributed by atoms with Crippen LogP contribution in [-0.4, -0.2) is 71.7 Å². The molecule has 1 amide bonds. The Morgan fingerprint density at radius 3 is 2.13 bits per heavy atom. The number of hydrogen-bond acceptors (Lipinski definition) is 7. The predicted octanol–water partition coefficient (Wildman–Crippen LogP) is 1.42. The van der Waals surface area contributed by atoms with Gasteiger partial charge in [0, 0.05) is 5.57 Å². The van der Waals surface area contributed by atoms with Crippen LogP contribution in [0.5, 0.6) is 23.0 Å². The van der Waals surface area contributed by atoms with Crippen molar-refractivity contribution in [3.63, 3.8) is 0 Å². The number of hydrogen-bond donors (Lipinski definition) is 1. The van der Waals surface area contributed by atoms with E-state index in [1.54, 1.807) is 30.3 Å².